The molecule has 3 heterocycles. The number of benzene rings is 1. The smallest absolute Gasteiger partial charge is 0.159 e. The number of hydrogen-bond donors (Lipinski definition) is 0. The molecule has 0 unspecified atom stereocenters. The average Bonchev–Trinajstić information content (AvgIpc) is 2.91. The molecule has 0 saturated carbocycles. The third kappa shape index (κ3) is 2.53. The molecule has 0 spiro atoms. The minimum atomic E-state index is -0.326. The third-order valence-corrected chi connectivity index (χ3v) is 4.01. The van der Waals surface area contributed by atoms with Gasteiger partial charge in [-0.3, -0.25) is 4.40 Å². The van der Waals surface area contributed by atoms with Crippen molar-refractivity contribution < 1.29 is 4.39 Å². The number of nitrogens with zero attached hydrogens (tertiary/aromatic N) is 4. The summed E-state index contributed by atoms with van der Waals surface area (Å²) in [7, 11) is 0. The summed E-state index contributed by atoms with van der Waals surface area (Å²) in [6, 6.07) is 12.1. The maximum Gasteiger partial charge on any atom is 0.159 e. The number of aromatic nitrogens is 4. The fourth-order valence-electron chi connectivity index (χ4n) is 2.67. The molecule has 4 aromatic rings. The Kier molecular flexibility index (Phi) is 3.50. The van der Waals surface area contributed by atoms with Crippen molar-refractivity contribution in [3.63, 3.8) is 0 Å². The second-order valence-corrected chi connectivity index (χ2v) is 5.83. The molecule has 24 heavy (non-hydrogen) atoms. The van der Waals surface area contributed by atoms with Gasteiger partial charge in [-0.15, -0.1) is 0 Å². The van der Waals surface area contributed by atoms with Crippen LogP contribution in [0.4, 0.5) is 4.39 Å². The Labute approximate surface area is 142 Å². The molecule has 0 fully saturated rings. The maximum absolute atomic E-state index is 13.6. The Morgan fingerprint density at radius 2 is 1.79 bits per heavy atom. The van der Waals surface area contributed by atoms with Crippen LogP contribution in [0.1, 0.15) is 5.69 Å². The van der Waals surface area contributed by atoms with Gasteiger partial charge in [0.05, 0.1) is 17.1 Å². The minimum Gasteiger partial charge on any atom is -0.295 e. The Hall–Kier alpha value is -2.79. The molecule has 0 radical (unpaired) electrons. The van der Waals surface area contributed by atoms with E-state index in [-0.39, 0.29) is 5.82 Å². The first-order chi connectivity index (χ1) is 11.6. The summed E-state index contributed by atoms with van der Waals surface area (Å²) in [4.78, 5) is 13.4. The van der Waals surface area contributed by atoms with Crippen LogP contribution in [-0.2, 0) is 0 Å². The third-order valence-electron chi connectivity index (χ3n) is 3.76. The zero-order valence-electron chi connectivity index (χ0n) is 12.7. The molecule has 6 heteroatoms. The molecule has 0 atom stereocenters. The predicted molar refractivity (Wildman–Crippen MR) is 91.4 cm³/mol. The van der Waals surface area contributed by atoms with E-state index in [0.29, 0.717) is 22.2 Å². The normalized spacial score (nSPS) is 11.1. The summed E-state index contributed by atoms with van der Waals surface area (Å²) in [5.41, 5.74) is 3.75. The first-order valence-corrected chi connectivity index (χ1v) is 7.73. The molecule has 3 aromatic heterocycles. The molecule has 4 rings (SSSR count). The second kappa shape index (κ2) is 5.69. The van der Waals surface area contributed by atoms with Crippen LogP contribution in [0, 0.1) is 12.7 Å². The van der Waals surface area contributed by atoms with Crippen molar-refractivity contribution >= 4 is 17.2 Å². The summed E-state index contributed by atoms with van der Waals surface area (Å²) in [6.45, 7) is 1.88. The quantitative estimate of drug-likeness (QED) is 0.538. The van der Waals surface area contributed by atoms with Crippen molar-refractivity contribution in [2.24, 2.45) is 0 Å². The van der Waals surface area contributed by atoms with Crippen LogP contribution in [0.25, 0.3) is 28.4 Å². The maximum atomic E-state index is 13.6. The van der Waals surface area contributed by atoms with Gasteiger partial charge in [0.1, 0.15) is 11.5 Å². The molecule has 0 saturated heterocycles. The zero-order valence-corrected chi connectivity index (χ0v) is 13.5. The minimum absolute atomic E-state index is 0.326. The molecule has 0 bridgehead atoms. The zero-order chi connectivity index (χ0) is 16.7. The molecule has 118 valence electrons. The highest BCUT2D eigenvalue weighted by atomic mass is 35.5. The molecule has 4 nitrogen and oxygen atoms in total. The lowest BCUT2D eigenvalue weighted by atomic mass is 10.2. The van der Waals surface area contributed by atoms with Crippen molar-refractivity contribution in [1.82, 2.24) is 19.4 Å². The summed E-state index contributed by atoms with van der Waals surface area (Å²) >= 11 is 5.92. The van der Waals surface area contributed by atoms with Gasteiger partial charge in [-0.1, -0.05) is 11.6 Å². The van der Waals surface area contributed by atoms with E-state index >= 15 is 0 Å². The number of pyridine rings is 1. The number of hydrogen-bond acceptors (Lipinski definition) is 3. The molecule has 1 aromatic carbocycles. The molecule has 0 N–H and O–H groups in total. The number of rotatable bonds is 2. The van der Waals surface area contributed by atoms with E-state index in [1.54, 1.807) is 34.9 Å². The van der Waals surface area contributed by atoms with Crippen LogP contribution in [-0.4, -0.2) is 19.4 Å². The van der Waals surface area contributed by atoms with E-state index in [1.807, 2.05) is 19.1 Å². The topological polar surface area (TPSA) is 43.1 Å². The van der Waals surface area contributed by atoms with E-state index in [0.717, 1.165) is 17.0 Å². The summed E-state index contributed by atoms with van der Waals surface area (Å²) in [5, 5.41) is 0.656. The number of halogens is 2. The standard InChI is InChI=1S/C18H12ClFN4/c1-11-17(24-10-14(20)6-7-16(24)22-11)15-8-9-21-18(23-15)12-2-4-13(19)5-3-12/h2-10H,1H3. The highest BCUT2D eigenvalue weighted by Gasteiger charge is 2.14. The summed E-state index contributed by atoms with van der Waals surface area (Å²) in [6.07, 6.45) is 3.10. The largest absolute Gasteiger partial charge is 0.295 e. The van der Waals surface area contributed by atoms with Gasteiger partial charge in [0, 0.05) is 23.0 Å². The second-order valence-electron chi connectivity index (χ2n) is 5.39. The van der Waals surface area contributed by atoms with Gasteiger partial charge in [-0.25, -0.2) is 19.3 Å². The Morgan fingerprint density at radius 3 is 2.58 bits per heavy atom. The lowest BCUT2D eigenvalue weighted by molar-refractivity contribution is 0.619. The van der Waals surface area contributed by atoms with E-state index in [4.69, 9.17) is 11.6 Å². The lowest BCUT2D eigenvalue weighted by Crippen LogP contribution is -1.96. The van der Waals surface area contributed by atoms with E-state index in [1.165, 1.54) is 12.3 Å². The van der Waals surface area contributed by atoms with E-state index in [9.17, 15) is 4.39 Å². The van der Waals surface area contributed by atoms with Gasteiger partial charge in [0.15, 0.2) is 5.82 Å². The van der Waals surface area contributed by atoms with E-state index < -0.39 is 0 Å². The van der Waals surface area contributed by atoms with Gasteiger partial charge < -0.3 is 0 Å². The molecule has 0 aliphatic rings. The van der Waals surface area contributed by atoms with Crippen molar-refractivity contribution in [1.29, 1.82) is 0 Å². The van der Waals surface area contributed by atoms with Crippen molar-refractivity contribution in [3.8, 4) is 22.8 Å². The number of fused-ring (bicyclic) bond motifs is 1. The Morgan fingerprint density at radius 1 is 1.00 bits per heavy atom. The van der Waals surface area contributed by atoms with Crippen LogP contribution >= 0.6 is 11.6 Å². The molecule has 0 aliphatic heterocycles. The highest BCUT2D eigenvalue weighted by molar-refractivity contribution is 6.30. The Balaban J connectivity index is 1.89. The van der Waals surface area contributed by atoms with Gasteiger partial charge in [-0.2, -0.15) is 0 Å². The first kappa shape index (κ1) is 14.8. The van der Waals surface area contributed by atoms with Crippen LogP contribution in [0.15, 0.2) is 54.9 Å². The number of aryl methyl sites for hydroxylation is 1. The molecular formula is C18H12ClFN4. The molecular weight excluding hydrogens is 327 g/mol. The van der Waals surface area contributed by atoms with Crippen molar-refractivity contribution in [2.75, 3.05) is 0 Å². The van der Waals surface area contributed by atoms with Gasteiger partial charge in [-0.05, 0) is 49.4 Å². The Bertz CT molecular complexity index is 1040. The van der Waals surface area contributed by atoms with Crippen LogP contribution in [0.3, 0.4) is 0 Å². The van der Waals surface area contributed by atoms with Crippen LogP contribution in [0.5, 0.6) is 0 Å². The first-order valence-electron chi connectivity index (χ1n) is 7.35. The van der Waals surface area contributed by atoms with Gasteiger partial charge in [0.25, 0.3) is 0 Å². The fourth-order valence-corrected chi connectivity index (χ4v) is 2.80. The number of imidazole rings is 1. The van der Waals surface area contributed by atoms with Crippen LogP contribution < -0.4 is 0 Å². The van der Waals surface area contributed by atoms with Crippen molar-refractivity contribution in [2.45, 2.75) is 6.92 Å². The lowest BCUT2D eigenvalue weighted by Gasteiger charge is -2.05. The summed E-state index contributed by atoms with van der Waals surface area (Å²) in [5.74, 6) is 0.253. The fraction of sp³-hybridized carbons (Fsp3) is 0.0556. The van der Waals surface area contributed by atoms with E-state index in [2.05, 4.69) is 15.0 Å². The molecule has 0 aliphatic carbocycles. The monoisotopic (exact) mass is 338 g/mol. The SMILES string of the molecule is Cc1nc2ccc(F)cn2c1-c1ccnc(-c2ccc(Cl)cc2)n1. The van der Waals surface area contributed by atoms with Gasteiger partial charge >= 0.3 is 0 Å². The predicted octanol–water partition coefficient (Wildman–Crippen LogP) is 4.56. The summed E-state index contributed by atoms with van der Waals surface area (Å²) < 4.78 is 15.3. The van der Waals surface area contributed by atoms with Crippen LogP contribution in [0.2, 0.25) is 5.02 Å². The molecule has 0 amide bonds. The van der Waals surface area contributed by atoms with Crippen molar-refractivity contribution in [3.05, 3.63) is 71.4 Å². The highest BCUT2D eigenvalue weighted by Crippen LogP contribution is 2.25. The van der Waals surface area contributed by atoms with Gasteiger partial charge in [0.2, 0.25) is 0 Å². The average molecular weight is 339 g/mol.